The van der Waals surface area contributed by atoms with E-state index in [9.17, 15) is 9.59 Å². The molecule has 6 heteroatoms. The van der Waals surface area contributed by atoms with Crippen LogP contribution in [0.1, 0.15) is 19.3 Å². The third-order valence-electron chi connectivity index (χ3n) is 2.60. The van der Waals surface area contributed by atoms with Crippen LogP contribution in [0.4, 0.5) is 0 Å². The molecule has 0 N–H and O–H groups in total. The van der Waals surface area contributed by atoms with Crippen molar-refractivity contribution in [3.63, 3.8) is 0 Å². The third-order valence-corrected chi connectivity index (χ3v) is 2.60. The lowest BCUT2D eigenvalue weighted by Gasteiger charge is -2.26. The normalized spacial score (nSPS) is 25.6. The summed E-state index contributed by atoms with van der Waals surface area (Å²) >= 11 is 0. The largest absolute Gasteiger partial charge is 0.349 e. The molecule has 1 fully saturated rings. The number of ketones is 1. The van der Waals surface area contributed by atoms with Crippen LogP contribution in [0.25, 0.3) is 10.4 Å². The van der Waals surface area contributed by atoms with Crippen molar-refractivity contribution in [3.8, 4) is 0 Å². The highest BCUT2D eigenvalue weighted by Crippen LogP contribution is 2.25. The molecule has 0 aliphatic heterocycles. The van der Waals surface area contributed by atoms with Gasteiger partial charge in [0.05, 0.1) is 6.04 Å². The fraction of sp³-hybridized carbons (Fsp3) is 0.778. The van der Waals surface area contributed by atoms with E-state index in [2.05, 4.69) is 10.0 Å². The Labute approximate surface area is 87.9 Å². The molecule has 82 valence electrons. The van der Waals surface area contributed by atoms with E-state index in [0.717, 1.165) is 0 Å². The Balaban J connectivity index is 2.69. The molecular weight excluding hydrogens is 196 g/mol. The van der Waals surface area contributed by atoms with Crippen LogP contribution in [0, 0.1) is 5.92 Å². The first-order chi connectivity index (χ1) is 7.06. The SMILES string of the molecule is CN(C)C(=O)[C@H]1CCC(=O)[C@H](N=[N+]=[N-])C1. The molecule has 1 rings (SSSR count). The minimum absolute atomic E-state index is 0.000592. The molecule has 0 aromatic carbocycles. The molecule has 1 saturated carbocycles. The van der Waals surface area contributed by atoms with Crippen LogP contribution in [0.15, 0.2) is 5.11 Å². The number of Topliss-reactive ketones (excluding diaryl/α,β-unsaturated/α-hetero) is 1. The van der Waals surface area contributed by atoms with Gasteiger partial charge in [-0.25, -0.2) is 0 Å². The summed E-state index contributed by atoms with van der Waals surface area (Å²) in [7, 11) is 3.36. The lowest BCUT2D eigenvalue weighted by molar-refractivity contribution is -0.135. The summed E-state index contributed by atoms with van der Waals surface area (Å²) in [4.78, 5) is 27.1. The number of amides is 1. The zero-order valence-corrected chi connectivity index (χ0v) is 8.88. The summed E-state index contributed by atoms with van der Waals surface area (Å²) in [6.07, 6.45) is 1.24. The second-order valence-electron chi connectivity index (χ2n) is 3.89. The van der Waals surface area contributed by atoms with Gasteiger partial charge in [-0.3, -0.25) is 9.59 Å². The second-order valence-corrected chi connectivity index (χ2v) is 3.89. The smallest absolute Gasteiger partial charge is 0.225 e. The fourth-order valence-electron chi connectivity index (χ4n) is 1.77. The standard InChI is InChI=1S/C9H14N4O2/c1-13(2)9(15)6-3-4-8(14)7(5-6)11-12-10/h6-7H,3-5H2,1-2H3/t6-,7+/m0/s1. The van der Waals surface area contributed by atoms with Gasteiger partial charge in [0.2, 0.25) is 5.91 Å². The predicted molar refractivity (Wildman–Crippen MR) is 54.0 cm³/mol. The van der Waals surface area contributed by atoms with Crippen molar-refractivity contribution in [2.75, 3.05) is 14.1 Å². The highest BCUT2D eigenvalue weighted by molar-refractivity contribution is 5.88. The number of azide groups is 1. The van der Waals surface area contributed by atoms with Gasteiger partial charge in [-0.2, -0.15) is 0 Å². The molecule has 2 atom stereocenters. The van der Waals surface area contributed by atoms with Crippen LogP contribution in [0.3, 0.4) is 0 Å². The molecule has 1 aliphatic carbocycles. The van der Waals surface area contributed by atoms with Crippen molar-refractivity contribution < 1.29 is 9.59 Å². The second kappa shape index (κ2) is 4.79. The van der Waals surface area contributed by atoms with Gasteiger partial charge in [0.25, 0.3) is 0 Å². The lowest BCUT2D eigenvalue weighted by Crippen LogP contribution is -2.37. The van der Waals surface area contributed by atoms with E-state index in [1.165, 1.54) is 4.90 Å². The molecule has 15 heavy (non-hydrogen) atoms. The van der Waals surface area contributed by atoms with E-state index < -0.39 is 6.04 Å². The van der Waals surface area contributed by atoms with Crippen molar-refractivity contribution >= 4 is 11.7 Å². The van der Waals surface area contributed by atoms with Crippen LogP contribution >= 0.6 is 0 Å². The van der Waals surface area contributed by atoms with E-state index in [4.69, 9.17) is 5.53 Å². The zero-order chi connectivity index (χ0) is 11.4. The van der Waals surface area contributed by atoms with Crippen molar-refractivity contribution in [3.05, 3.63) is 10.4 Å². The number of rotatable bonds is 2. The molecule has 0 saturated heterocycles. The van der Waals surface area contributed by atoms with Crippen molar-refractivity contribution in [2.45, 2.75) is 25.3 Å². The van der Waals surface area contributed by atoms with Gasteiger partial charge in [0.15, 0.2) is 0 Å². The predicted octanol–water partition coefficient (Wildman–Crippen LogP) is 1.12. The lowest BCUT2D eigenvalue weighted by atomic mass is 9.84. The van der Waals surface area contributed by atoms with Crippen molar-refractivity contribution in [1.82, 2.24) is 4.90 Å². The van der Waals surface area contributed by atoms with Gasteiger partial charge in [0, 0.05) is 31.3 Å². The summed E-state index contributed by atoms with van der Waals surface area (Å²) in [5, 5.41) is 3.42. The summed E-state index contributed by atoms with van der Waals surface area (Å²) < 4.78 is 0. The highest BCUT2D eigenvalue weighted by Gasteiger charge is 2.32. The topological polar surface area (TPSA) is 86.1 Å². The first kappa shape index (κ1) is 11.5. The Bertz CT molecular complexity index is 320. The average molecular weight is 210 g/mol. The quantitative estimate of drug-likeness (QED) is 0.388. The molecular formula is C9H14N4O2. The van der Waals surface area contributed by atoms with Crippen LogP contribution < -0.4 is 0 Å². The van der Waals surface area contributed by atoms with Crippen LogP contribution in [0.5, 0.6) is 0 Å². The summed E-state index contributed by atoms with van der Waals surface area (Å²) in [5.74, 6) is -0.246. The Hall–Kier alpha value is -1.55. The van der Waals surface area contributed by atoms with Crippen LogP contribution in [0.2, 0.25) is 0 Å². The maximum atomic E-state index is 11.6. The zero-order valence-electron chi connectivity index (χ0n) is 8.88. The van der Waals surface area contributed by atoms with E-state index in [1.54, 1.807) is 14.1 Å². The summed E-state index contributed by atoms with van der Waals surface area (Å²) in [6, 6.07) is -0.655. The van der Waals surface area contributed by atoms with Gasteiger partial charge < -0.3 is 4.90 Å². The number of carbonyl (C=O) groups excluding carboxylic acids is 2. The molecule has 0 aromatic heterocycles. The van der Waals surface area contributed by atoms with E-state index >= 15 is 0 Å². The molecule has 0 aromatic rings. The minimum Gasteiger partial charge on any atom is -0.349 e. The van der Waals surface area contributed by atoms with E-state index in [1.807, 2.05) is 0 Å². The Kier molecular flexibility index (Phi) is 3.68. The Morgan fingerprint density at radius 1 is 1.60 bits per heavy atom. The Morgan fingerprint density at radius 3 is 2.80 bits per heavy atom. The van der Waals surface area contributed by atoms with Crippen LogP contribution in [-0.4, -0.2) is 36.7 Å². The van der Waals surface area contributed by atoms with E-state index in [-0.39, 0.29) is 17.6 Å². The first-order valence-corrected chi connectivity index (χ1v) is 4.84. The number of hydrogen-bond acceptors (Lipinski definition) is 3. The molecule has 6 nitrogen and oxygen atoms in total. The van der Waals surface area contributed by atoms with Crippen molar-refractivity contribution in [2.24, 2.45) is 11.0 Å². The van der Waals surface area contributed by atoms with Gasteiger partial charge >= 0.3 is 0 Å². The third kappa shape index (κ3) is 2.70. The van der Waals surface area contributed by atoms with Crippen LogP contribution in [-0.2, 0) is 9.59 Å². The van der Waals surface area contributed by atoms with Gasteiger partial charge in [-0.15, -0.1) is 0 Å². The molecule has 0 heterocycles. The molecule has 0 radical (unpaired) electrons. The van der Waals surface area contributed by atoms with Crippen molar-refractivity contribution in [1.29, 1.82) is 0 Å². The maximum Gasteiger partial charge on any atom is 0.225 e. The molecule has 1 amide bonds. The number of hydrogen-bond donors (Lipinski definition) is 0. The number of carbonyl (C=O) groups is 2. The van der Waals surface area contributed by atoms with Gasteiger partial charge in [-0.05, 0) is 18.4 Å². The summed E-state index contributed by atoms with van der Waals surface area (Å²) in [5.41, 5.74) is 8.28. The minimum atomic E-state index is -0.655. The maximum absolute atomic E-state index is 11.6. The molecule has 0 unspecified atom stereocenters. The average Bonchev–Trinajstić information content (AvgIpc) is 2.20. The number of nitrogens with zero attached hydrogens (tertiary/aromatic N) is 4. The Morgan fingerprint density at radius 2 is 2.27 bits per heavy atom. The van der Waals surface area contributed by atoms with E-state index in [0.29, 0.717) is 19.3 Å². The first-order valence-electron chi connectivity index (χ1n) is 4.84. The fourth-order valence-corrected chi connectivity index (χ4v) is 1.77. The molecule has 1 aliphatic rings. The molecule has 0 bridgehead atoms. The summed E-state index contributed by atoms with van der Waals surface area (Å²) in [6.45, 7) is 0. The molecule has 0 spiro atoms. The van der Waals surface area contributed by atoms with Gasteiger partial charge in [0.1, 0.15) is 5.78 Å². The van der Waals surface area contributed by atoms with Gasteiger partial charge in [-0.1, -0.05) is 5.11 Å². The highest BCUT2D eigenvalue weighted by atomic mass is 16.2. The monoisotopic (exact) mass is 210 g/mol.